The van der Waals surface area contributed by atoms with Crippen molar-refractivity contribution in [2.45, 2.75) is 71.1 Å². The molecule has 8 heteroatoms. The predicted molar refractivity (Wildman–Crippen MR) is 145 cm³/mol. The first kappa shape index (κ1) is 27.2. The van der Waals surface area contributed by atoms with Gasteiger partial charge in [0.25, 0.3) is 0 Å². The van der Waals surface area contributed by atoms with Crippen molar-refractivity contribution in [1.29, 1.82) is 0 Å². The van der Waals surface area contributed by atoms with Gasteiger partial charge >= 0.3 is 6.09 Å². The van der Waals surface area contributed by atoms with Gasteiger partial charge in [-0.25, -0.2) is 17.6 Å². The van der Waals surface area contributed by atoms with E-state index in [4.69, 9.17) is 4.74 Å². The topological polar surface area (TPSA) is 75.7 Å². The van der Waals surface area contributed by atoms with Crippen molar-refractivity contribution in [2.24, 2.45) is 0 Å². The second-order valence-electron chi connectivity index (χ2n) is 11.1. The van der Waals surface area contributed by atoms with E-state index in [1.54, 1.807) is 11.0 Å². The van der Waals surface area contributed by atoms with Crippen molar-refractivity contribution in [2.75, 3.05) is 6.54 Å². The summed E-state index contributed by atoms with van der Waals surface area (Å²) in [6, 6.07) is 19.4. The van der Waals surface area contributed by atoms with Gasteiger partial charge in [-0.05, 0) is 55.1 Å². The van der Waals surface area contributed by atoms with Gasteiger partial charge in [0.05, 0.1) is 6.04 Å². The van der Waals surface area contributed by atoms with Crippen LogP contribution in [0.3, 0.4) is 0 Å². The molecule has 1 fully saturated rings. The fourth-order valence-electron chi connectivity index (χ4n) is 4.66. The Kier molecular flexibility index (Phi) is 7.98. The van der Waals surface area contributed by atoms with Crippen LogP contribution in [0.5, 0.6) is 0 Å². The number of sulfonamides is 1. The molecule has 2 aromatic carbocycles. The molecule has 1 atom stereocenters. The molecule has 0 unspecified atom stereocenters. The molecule has 0 radical (unpaired) electrons. The highest BCUT2D eigenvalue weighted by molar-refractivity contribution is 7.94. The smallest absolute Gasteiger partial charge is 0.410 e. The van der Waals surface area contributed by atoms with Gasteiger partial charge in [0.2, 0.25) is 18.3 Å². The molecule has 1 amide bonds. The van der Waals surface area contributed by atoms with E-state index >= 15 is 0 Å². The van der Waals surface area contributed by atoms with Crippen molar-refractivity contribution in [3.63, 3.8) is 0 Å². The fourth-order valence-corrected chi connectivity index (χ4v) is 12.6. The van der Waals surface area contributed by atoms with E-state index in [0.717, 1.165) is 16.8 Å². The first-order chi connectivity index (χ1) is 16.3. The zero-order valence-electron chi connectivity index (χ0n) is 21.6. The van der Waals surface area contributed by atoms with E-state index in [-0.39, 0.29) is 11.1 Å². The van der Waals surface area contributed by atoms with Crippen molar-refractivity contribution in [1.82, 2.24) is 9.29 Å². The molecule has 1 saturated heterocycles. The maximum atomic E-state index is 13.6. The van der Waals surface area contributed by atoms with Gasteiger partial charge in [0.1, 0.15) is 5.60 Å². The molecule has 0 bridgehead atoms. The second-order valence-corrected chi connectivity index (χ2v) is 17.4. The number of benzene rings is 2. The molecule has 0 aromatic heterocycles. The number of carbonyl (C=O) groups excluding carboxylic acids is 1. The van der Waals surface area contributed by atoms with Crippen LogP contribution in [0.1, 0.15) is 54.4 Å². The lowest BCUT2D eigenvalue weighted by molar-refractivity contribution is 0.0256. The average Bonchev–Trinajstić information content (AvgIpc) is 3.24. The Morgan fingerprint density at radius 3 is 1.94 bits per heavy atom. The Morgan fingerprint density at radius 1 is 0.971 bits per heavy atom. The highest BCUT2D eigenvalue weighted by Crippen LogP contribution is 2.34. The van der Waals surface area contributed by atoms with Gasteiger partial charge in [-0.2, -0.15) is 0 Å². The predicted octanol–water partition coefficient (Wildman–Crippen LogP) is 4.38. The fraction of sp³-hybridized carbons (Fsp3) is 0.444. The summed E-state index contributed by atoms with van der Waals surface area (Å²) < 4.78 is 35.9. The number of nitrogens with zero attached hydrogens (tertiary/aromatic N) is 1. The SMILES string of the molecule is CC(C)(C)OC(=O)N1CCC[C@H]1/C=C/S(=O)(=O)N[Si](c1ccccc1)(c1ccccc1)C(C)(C)C. The van der Waals surface area contributed by atoms with Gasteiger partial charge in [-0.15, -0.1) is 0 Å². The second kappa shape index (κ2) is 10.3. The molecule has 2 aromatic rings. The molecule has 0 spiro atoms. The molecular weight excluding hydrogens is 476 g/mol. The van der Waals surface area contributed by atoms with Crippen molar-refractivity contribution >= 4 is 34.7 Å². The summed E-state index contributed by atoms with van der Waals surface area (Å²) in [5, 5.41) is 2.85. The van der Waals surface area contributed by atoms with Crippen LogP contribution in [0.2, 0.25) is 5.04 Å². The van der Waals surface area contributed by atoms with Crippen LogP contribution in [0.4, 0.5) is 4.79 Å². The minimum atomic E-state index is -3.84. The summed E-state index contributed by atoms with van der Waals surface area (Å²) in [5.41, 5.74) is -0.606. The monoisotopic (exact) mass is 514 g/mol. The zero-order chi connectivity index (χ0) is 25.9. The highest BCUT2D eigenvalue weighted by atomic mass is 32.2. The van der Waals surface area contributed by atoms with Crippen molar-refractivity contribution < 1.29 is 17.9 Å². The molecule has 1 heterocycles. The van der Waals surface area contributed by atoms with Crippen molar-refractivity contribution in [3.05, 3.63) is 72.1 Å². The highest BCUT2D eigenvalue weighted by Gasteiger charge is 2.50. The minimum Gasteiger partial charge on any atom is -0.444 e. The van der Waals surface area contributed by atoms with Gasteiger partial charge in [-0.3, -0.25) is 0 Å². The van der Waals surface area contributed by atoms with Crippen LogP contribution in [0.25, 0.3) is 0 Å². The largest absolute Gasteiger partial charge is 0.444 e. The van der Waals surface area contributed by atoms with E-state index in [1.165, 1.54) is 5.41 Å². The molecule has 6 nitrogen and oxygen atoms in total. The molecule has 3 rings (SSSR count). The summed E-state index contributed by atoms with van der Waals surface area (Å²) in [6.07, 6.45) is 2.71. The number of ether oxygens (including phenoxy) is 1. The molecule has 190 valence electrons. The van der Waals surface area contributed by atoms with Crippen LogP contribution >= 0.6 is 0 Å². The maximum Gasteiger partial charge on any atom is 0.410 e. The Balaban J connectivity index is 1.97. The van der Waals surface area contributed by atoms with E-state index in [0.29, 0.717) is 13.0 Å². The molecule has 0 saturated carbocycles. The number of likely N-dealkylation sites (tertiary alicyclic amines) is 1. The third-order valence-corrected chi connectivity index (χ3v) is 13.8. The molecular formula is C27H38N2O4SSi. The lowest BCUT2D eigenvalue weighted by atomic mass is 10.2. The number of amides is 1. The lowest BCUT2D eigenvalue weighted by Gasteiger charge is -2.43. The third kappa shape index (κ3) is 6.42. The summed E-state index contributed by atoms with van der Waals surface area (Å²) >= 11 is 0. The van der Waals surface area contributed by atoms with Crippen molar-refractivity contribution in [3.8, 4) is 0 Å². The van der Waals surface area contributed by atoms with Crippen LogP contribution < -0.4 is 14.8 Å². The number of hydrogen-bond acceptors (Lipinski definition) is 4. The molecule has 35 heavy (non-hydrogen) atoms. The van der Waals surface area contributed by atoms with Gasteiger partial charge in [0, 0.05) is 12.0 Å². The van der Waals surface area contributed by atoms with E-state index in [2.05, 4.69) is 25.2 Å². The van der Waals surface area contributed by atoms with E-state index in [9.17, 15) is 13.2 Å². The molecule has 0 aliphatic carbocycles. The molecule has 1 aliphatic rings. The Morgan fingerprint density at radius 2 is 1.49 bits per heavy atom. The number of rotatable bonds is 6. The molecule has 1 N–H and O–H groups in total. The maximum absolute atomic E-state index is 13.6. The Hall–Kier alpha value is -2.42. The zero-order valence-corrected chi connectivity index (χ0v) is 23.4. The van der Waals surface area contributed by atoms with Crippen LogP contribution in [0.15, 0.2) is 72.1 Å². The van der Waals surface area contributed by atoms with Crippen LogP contribution in [0, 0.1) is 0 Å². The van der Waals surface area contributed by atoms with Gasteiger partial charge in [0.15, 0.2) is 0 Å². The first-order valence-electron chi connectivity index (χ1n) is 12.1. The minimum absolute atomic E-state index is 0.319. The summed E-state index contributed by atoms with van der Waals surface area (Å²) in [6.45, 7) is 12.3. The number of hydrogen-bond donors (Lipinski definition) is 1. The van der Waals surface area contributed by atoms with Gasteiger partial charge in [-0.1, -0.05) is 81.4 Å². The normalized spacial score (nSPS) is 17.7. The Labute approximate surface area is 211 Å². The van der Waals surface area contributed by atoms with Crippen LogP contribution in [-0.4, -0.2) is 45.8 Å². The van der Waals surface area contributed by atoms with E-state index in [1.807, 2.05) is 81.4 Å². The summed E-state index contributed by atoms with van der Waals surface area (Å²) in [4.78, 5) is 14.2. The quantitative estimate of drug-likeness (QED) is 0.581. The Bertz CT molecular complexity index is 1100. The summed E-state index contributed by atoms with van der Waals surface area (Å²) in [5.74, 6) is 0. The van der Waals surface area contributed by atoms with Gasteiger partial charge < -0.3 is 9.64 Å². The number of nitrogens with one attached hydrogen (secondary N) is 1. The standard InChI is InChI=1S/C27H38N2O4SSi/c1-26(2,3)33-25(30)29-20-13-14-22(29)19-21-34(31,32)28-35(27(4,5)6,23-15-9-7-10-16-23)24-17-11-8-12-18-24/h7-12,15-19,21-22,28H,13-14,20H2,1-6H3/b21-19+/t22-/m0/s1. The third-order valence-electron chi connectivity index (χ3n) is 6.24. The summed E-state index contributed by atoms with van der Waals surface area (Å²) in [7, 11) is -6.86. The average molecular weight is 515 g/mol. The molecule has 1 aliphatic heterocycles. The van der Waals surface area contributed by atoms with E-state index < -0.39 is 30.0 Å². The number of carbonyl (C=O) groups is 1. The first-order valence-corrected chi connectivity index (χ1v) is 15.6. The lowest BCUT2D eigenvalue weighted by Crippen LogP contribution is -2.74. The van der Waals surface area contributed by atoms with Crippen LogP contribution in [-0.2, 0) is 14.8 Å².